The molecule has 1 saturated carbocycles. The number of hydrogen-bond donors (Lipinski definition) is 3. The van der Waals surface area contributed by atoms with Crippen LogP contribution in [0.3, 0.4) is 0 Å². The van der Waals surface area contributed by atoms with Gasteiger partial charge in [0.1, 0.15) is 11.5 Å². The highest BCUT2D eigenvalue weighted by Crippen LogP contribution is 2.38. The second-order valence-corrected chi connectivity index (χ2v) is 6.17. The predicted molar refractivity (Wildman–Crippen MR) is 92.3 cm³/mol. The van der Waals surface area contributed by atoms with E-state index in [9.17, 15) is 14.7 Å². The summed E-state index contributed by atoms with van der Waals surface area (Å²) in [4.78, 5) is 35.7. The van der Waals surface area contributed by atoms with Gasteiger partial charge in [0.25, 0.3) is 6.47 Å². The fraction of sp³-hybridized carbons (Fsp3) is 0.500. The highest BCUT2D eigenvalue weighted by atomic mass is 16.4. The number of carboxylic acid groups (broad SMARTS) is 2. The standard InChI is InChI=1S/C15H20N6O3.CH2O2/c1-16-13(22)6-12-18-14(9-3-4-10(5-9)15(23)24)21(19-12)11-7-17-20(2)8-11;2-1-3/h7-10H,3-6H2,1-2H3,(H,16,22)(H,23,24);1H,(H,2,3)/t9-,10+;/m0./s1. The van der Waals surface area contributed by atoms with Crippen LogP contribution < -0.4 is 5.32 Å². The van der Waals surface area contributed by atoms with Gasteiger partial charge in [0.05, 0.1) is 24.7 Å². The van der Waals surface area contributed by atoms with Gasteiger partial charge in [0.2, 0.25) is 5.91 Å². The Morgan fingerprint density at radius 2 is 2.11 bits per heavy atom. The number of rotatable bonds is 5. The Hall–Kier alpha value is -3.24. The number of carbonyl (C=O) groups is 3. The maximum Gasteiger partial charge on any atom is 0.306 e. The minimum absolute atomic E-state index is 0.0113. The van der Waals surface area contributed by atoms with E-state index in [1.165, 1.54) is 0 Å². The molecule has 146 valence electrons. The molecule has 2 aromatic heterocycles. The van der Waals surface area contributed by atoms with E-state index in [-0.39, 0.29) is 30.6 Å². The lowest BCUT2D eigenvalue weighted by atomic mass is 10.0. The number of carboxylic acids is 1. The minimum Gasteiger partial charge on any atom is -0.483 e. The molecule has 1 aliphatic carbocycles. The molecule has 1 fully saturated rings. The second kappa shape index (κ2) is 8.92. The highest BCUT2D eigenvalue weighted by Gasteiger charge is 2.34. The Morgan fingerprint density at radius 3 is 2.63 bits per heavy atom. The summed E-state index contributed by atoms with van der Waals surface area (Å²) in [6.45, 7) is -0.250. The van der Waals surface area contributed by atoms with Crippen molar-refractivity contribution in [3.8, 4) is 5.69 Å². The van der Waals surface area contributed by atoms with Crippen molar-refractivity contribution in [2.24, 2.45) is 13.0 Å². The van der Waals surface area contributed by atoms with Gasteiger partial charge in [-0.25, -0.2) is 9.67 Å². The van der Waals surface area contributed by atoms with Crippen LogP contribution in [0.25, 0.3) is 5.69 Å². The summed E-state index contributed by atoms with van der Waals surface area (Å²) < 4.78 is 3.34. The van der Waals surface area contributed by atoms with E-state index in [4.69, 9.17) is 9.90 Å². The fourth-order valence-electron chi connectivity index (χ4n) is 3.09. The van der Waals surface area contributed by atoms with Crippen molar-refractivity contribution in [3.05, 3.63) is 24.0 Å². The SMILES string of the molecule is CNC(=O)Cc1nc([C@H]2CC[C@@H](C(=O)O)C2)n(-c2cnn(C)c2)n1.O=CO. The first kappa shape index (κ1) is 20.1. The van der Waals surface area contributed by atoms with Crippen LogP contribution in [-0.2, 0) is 27.9 Å². The molecule has 11 nitrogen and oxygen atoms in total. The first-order chi connectivity index (χ1) is 12.9. The first-order valence-corrected chi connectivity index (χ1v) is 8.35. The second-order valence-electron chi connectivity index (χ2n) is 6.17. The molecule has 0 aliphatic heterocycles. The van der Waals surface area contributed by atoms with Crippen LogP contribution in [0.4, 0.5) is 0 Å². The average molecular weight is 378 g/mol. The van der Waals surface area contributed by atoms with Gasteiger partial charge >= 0.3 is 5.97 Å². The quantitative estimate of drug-likeness (QED) is 0.613. The lowest BCUT2D eigenvalue weighted by Crippen LogP contribution is -2.20. The largest absolute Gasteiger partial charge is 0.483 e. The minimum atomic E-state index is -0.768. The topological polar surface area (TPSA) is 152 Å². The molecule has 11 heteroatoms. The molecule has 0 saturated heterocycles. The summed E-state index contributed by atoms with van der Waals surface area (Å²) in [5.74, 6) is -0.151. The van der Waals surface area contributed by atoms with Crippen LogP contribution in [0.15, 0.2) is 12.4 Å². The molecule has 2 heterocycles. The molecule has 0 spiro atoms. The number of nitrogens with one attached hydrogen (secondary N) is 1. The summed E-state index contributed by atoms with van der Waals surface area (Å²) in [5, 5.41) is 27.2. The predicted octanol–water partition coefficient (Wildman–Crippen LogP) is -0.0416. The summed E-state index contributed by atoms with van der Waals surface area (Å²) >= 11 is 0. The maximum atomic E-state index is 11.6. The Kier molecular flexibility index (Phi) is 6.63. The number of nitrogens with zero attached hydrogens (tertiary/aromatic N) is 5. The van der Waals surface area contributed by atoms with Crippen LogP contribution >= 0.6 is 0 Å². The van der Waals surface area contributed by atoms with Crippen LogP contribution in [0.5, 0.6) is 0 Å². The van der Waals surface area contributed by atoms with Gasteiger partial charge in [-0.3, -0.25) is 19.1 Å². The van der Waals surface area contributed by atoms with E-state index < -0.39 is 5.97 Å². The molecule has 2 aromatic rings. The van der Waals surface area contributed by atoms with Gasteiger partial charge in [-0.05, 0) is 19.3 Å². The van der Waals surface area contributed by atoms with E-state index in [0.29, 0.717) is 24.5 Å². The smallest absolute Gasteiger partial charge is 0.306 e. The van der Waals surface area contributed by atoms with Crippen molar-refractivity contribution in [2.75, 3.05) is 7.05 Å². The van der Waals surface area contributed by atoms with Crippen molar-refractivity contribution in [3.63, 3.8) is 0 Å². The summed E-state index contributed by atoms with van der Waals surface area (Å²) in [6.07, 6.45) is 5.48. The number of aliphatic carboxylic acids is 1. The third-order valence-corrected chi connectivity index (χ3v) is 4.36. The lowest BCUT2D eigenvalue weighted by Gasteiger charge is -2.09. The van der Waals surface area contributed by atoms with E-state index >= 15 is 0 Å². The Morgan fingerprint density at radius 1 is 1.41 bits per heavy atom. The van der Waals surface area contributed by atoms with Crippen LogP contribution in [0.2, 0.25) is 0 Å². The van der Waals surface area contributed by atoms with Crippen molar-refractivity contribution in [1.82, 2.24) is 29.9 Å². The summed E-state index contributed by atoms with van der Waals surface area (Å²) in [5.41, 5.74) is 0.752. The zero-order chi connectivity index (χ0) is 20.0. The van der Waals surface area contributed by atoms with Crippen LogP contribution in [-0.4, -0.2) is 60.2 Å². The monoisotopic (exact) mass is 378 g/mol. The third-order valence-electron chi connectivity index (χ3n) is 4.36. The van der Waals surface area contributed by atoms with Gasteiger partial charge < -0.3 is 15.5 Å². The Labute approximate surface area is 155 Å². The van der Waals surface area contributed by atoms with Gasteiger partial charge in [-0.15, -0.1) is 0 Å². The van der Waals surface area contributed by atoms with E-state index in [0.717, 1.165) is 12.1 Å². The fourth-order valence-corrected chi connectivity index (χ4v) is 3.09. The third kappa shape index (κ3) is 4.90. The zero-order valence-corrected chi connectivity index (χ0v) is 15.1. The number of aromatic nitrogens is 5. The molecule has 3 N–H and O–H groups in total. The lowest BCUT2D eigenvalue weighted by molar-refractivity contribution is -0.141. The molecular formula is C16H22N6O5. The summed E-state index contributed by atoms with van der Waals surface area (Å²) in [6, 6.07) is 0. The van der Waals surface area contributed by atoms with Crippen LogP contribution in [0, 0.1) is 5.92 Å². The van der Waals surface area contributed by atoms with Gasteiger partial charge in [-0.1, -0.05) is 0 Å². The molecule has 0 bridgehead atoms. The molecule has 2 atom stereocenters. The summed E-state index contributed by atoms with van der Waals surface area (Å²) in [7, 11) is 3.37. The highest BCUT2D eigenvalue weighted by molar-refractivity contribution is 5.77. The first-order valence-electron chi connectivity index (χ1n) is 8.35. The van der Waals surface area contributed by atoms with Crippen LogP contribution in [0.1, 0.15) is 36.8 Å². The molecule has 1 aliphatic rings. The number of hydrogen-bond acceptors (Lipinski definition) is 6. The normalized spacial score (nSPS) is 18.4. The number of likely N-dealkylation sites (N-methyl/N-ethyl adjacent to an activating group) is 1. The molecule has 0 unspecified atom stereocenters. The molecular weight excluding hydrogens is 356 g/mol. The number of amides is 1. The molecule has 0 radical (unpaired) electrons. The van der Waals surface area contributed by atoms with E-state index in [1.807, 2.05) is 13.2 Å². The van der Waals surface area contributed by atoms with Crippen molar-refractivity contribution in [2.45, 2.75) is 31.6 Å². The molecule has 27 heavy (non-hydrogen) atoms. The molecule has 0 aromatic carbocycles. The number of aryl methyl sites for hydroxylation is 1. The maximum absolute atomic E-state index is 11.6. The molecule has 3 rings (SSSR count). The van der Waals surface area contributed by atoms with E-state index in [2.05, 4.69) is 20.5 Å². The molecule has 1 amide bonds. The van der Waals surface area contributed by atoms with Gasteiger partial charge in [0, 0.05) is 20.0 Å². The van der Waals surface area contributed by atoms with Crippen molar-refractivity contribution in [1.29, 1.82) is 0 Å². The van der Waals surface area contributed by atoms with Crippen molar-refractivity contribution >= 4 is 18.3 Å². The van der Waals surface area contributed by atoms with Gasteiger partial charge in [-0.2, -0.15) is 10.2 Å². The Balaban J connectivity index is 0.000000817. The number of carbonyl (C=O) groups excluding carboxylic acids is 1. The van der Waals surface area contributed by atoms with E-state index in [1.54, 1.807) is 22.6 Å². The van der Waals surface area contributed by atoms with Crippen molar-refractivity contribution < 1.29 is 24.6 Å². The Bertz CT molecular complexity index is 814. The van der Waals surface area contributed by atoms with Gasteiger partial charge in [0.15, 0.2) is 5.82 Å². The zero-order valence-electron chi connectivity index (χ0n) is 15.1. The average Bonchev–Trinajstić information content (AvgIpc) is 3.34.